The lowest BCUT2D eigenvalue weighted by Crippen LogP contribution is -2.38. The molecule has 23 heavy (non-hydrogen) atoms. The number of imidazole rings is 1. The molecule has 4 nitrogen and oxygen atoms in total. The number of amides is 1. The van der Waals surface area contributed by atoms with E-state index in [2.05, 4.69) is 18.0 Å². The summed E-state index contributed by atoms with van der Waals surface area (Å²) in [5.74, 6) is 0.0725. The molecule has 0 radical (unpaired) electrons. The number of aromatic nitrogens is 2. The maximum Gasteiger partial charge on any atom is 0.247 e. The van der Waals surface area contributed by atoms with Gasteiger partial charge in [0.05, 0.1) is 11.0 Å². The summed E-state index contributed by atoms with van der Waals surface area (Å²) < 4.78 is 2.46. The van der Waals surface area contributed by atoms with Gasteiger partial charge < -0.3 is 14.5 Å². The number of anilines is 1. The number of aromatic amines is 1. The second-order valence-corrected chi connectivity index (χ2v) is 6.37. The summed E-state index contributed by atoms with van der Waals surface area (Å²) in [5, 5.41) is 0. The van der Waals surface area contributed by atoms with Crippen molar-refractivity contribution >= 4 is 34.8 Å². The Bertz CT molecular complexity index is 956. The van der Waals surface area contributed by atoms with Gasteiger partial charge in [-0.2, -0.15) is 0 Å². The fourth-order valence-electron chi connectivity index (χ4n) is 3.42. The molecule has 116 valence electrons. The van der Waals surface area contributed by atoms with Crippen molar-refractivity contribution in [1.82, 2.24) is 9.55 Å². The molecule has 0 saturated heterocycles. The Balaban J connectivity index is 1.70. The van der Waals surface area contributed by atoms with Gasteiger partial charge in [0, 0.05) is 11.7 Å². The molecule has 1 atom stereocenters. The second-order valence-electron chi connectivity index (χ2n) is 5.98. The molecule has 1 aromatic heterocycles. The first-order chi connectivity index (χ1) is 11.1. The van der Waals surface area contributed by atoms with Crippen LogP contribution < -0.4 is 4.90 Å². The van der Waals surface area contributed by atoms with Crippen molar-refractivity contribution < 1.29 is 4.79 Å². The molecule has 2 heterocycles. The lowest BCUT2D eigenvalue weighted by Gasteiger charge is -2.23. The molecule has 3 aromatic rings. The van der Waals surface area contributed by atoms with Gasteiger partial charge in [-0.3, -0.25) is 4.79 Å². The molecule has 5 heteroatoms. The van der Waals surface area contributed by atoms with Gasteiger partial charge in [-0.1, -0.05) is 30.3 Å². The summed E-state index contributed by atoms with van der Waals surface area (Å²) in [6.07, 6.45) is 0.904. The lowest BCUT2D eigenvalue weighted by atomic mass is 10.1. The summed E-state index contributed by atoms with van der Waals surface area (Å²) in [5.41, 5.74) is 4.18. The van der Waals surface area contributed by atoms with Crippen molar-refractivity contribution in [2.75, 3.05) is 4.90 Å². The van der Waals surface area contributed by atoms with Crippen molar-refractivity contribution in [2.45, 2.75) is 25.9 Å². The van der Waals surface area contributed by atoms with E-state index in [1.165, 1.54) is 5.56 Å². The minimum absolute atomic E-state index is 0.0725. The predicted molar refractivity (Wildman–Crippen MR) is 94.2 cm³/mol. The van der Waals surface area contributed by atoms with E-state index in [-0.39, 0.29) is 18.5 Å². The summed E-state index contributed by atoms with van der Waals surface area (Å²) >= 11 is 5.39. The minimum Gasteiger partial charge on any atom is -0.331 e. The fraction of sp³-hybridized carbons (Fsp3) is 0.222. The standard InChI is InChI=1S/C18H17N3OS/c1-12-10-13-6-2-4-8-15(13)21(12)17(22)11-20-16-9-5-3-7-14(16)19-18(20)23/h2-9,12H,10-11H2,1H3,(H,19,23). The number of carbonyl (C=O) groups is 1. The Morgan fingerprint density at radius 3 is 2.83 bits per heavy atom. The quantitative estimate of drug-likeness (QED) is 0.731. The topological polar surface area (TPSA) is 41.0 Å². The smallest absolute Gasteiger partial charge is 0.247 e. The van der Waals surface area contributed by atoms with Gasteiger partial charge >= 0.3 is 0 Å². The second kappa shape index (κ2) is 5.35. The molecule has 1 aliphatic rings. The third-order valence-electron chi connectivity index (χ3n) is 4.45. The third-order valence-corrected chi connectivity index (χ3v) is 4.77. The van der Waals surface area contributed by atoms with E-state index in [9.17, 15) is 4.79 Å². The van der Waals surface area contributed by atoms with Gasteiger partial charge in [0.15, 0.2) is 4.77 Å². The zero-order valence-electron chi connectivity index (χ0n) is 12.8. The molecule has 0 spiro atoms. The molecule has 1 aliphatic heterocycles. The fourth-order valence-corrected chi connectivity index (χ4v) is 3.69. The number of carbonyl (C=O) groups excluding carboxylic acids is 1. The molecular formula is C18H17N3OS. The summed E-state index contributed by atoms with van der Waals surface area (Å²) in [6, 6.07) is 16.2. The van der Waals surface area contributed by atoms with E-state index in [0.717, 1.165) is 23.1 Å². The van der Waals surface area contributed by atoms with Gasteiger partial charge in [-0.15, -0.1) is 0 Å². The highest BCUT2D eigenvalue weighted by Crippen LogP contribution is 2.32. The summed E-state index contributed by atoms with van der Waals surface area (Å²) in [4.78, 5) is 18.0. The number of nitrogens with one attached hydrogen (secondary N) is 1. The van der Waals surface area contributed by atoms with Crippen molar-refractivity contribution in [1.29, 1.82) is 0 Å². The van der Waals surface area contributed by atoms with Crippen molar-refractivity contribution in [3.63, 3.8) is 0 Å². The highest BCUT2D eigenvalue weighted by molar-refractivity contribution is 7.71. The normalized spacial score (nSPS) is 16.7. The van der Waals surface area contributed by atoms with Gasteiger partial charge in [0.25, 0.3) is 0 Å². The highest BCUT2D eigenvalue weighted by Gasteiger charge is 2.30. The number of para-hydroxylation sites is 3. The number of hydrogen-bond acceptors (Lipinski definition) is 2. The maximum atomic E-state index is 12.9. The average Bonchev–Trinajstić information content (AvgIpc) is 3.04. The van der Waals surface area contributed by atoms with E-state index in [0.29, 0.717) is 4.77 Å². The minimum atomic E-state index is 0.0725. The molecular weight excluding hydrogens is 306 g/mol. The van der Waals surface area contributed by atoms with E-state index in [4.69, 9.17) is 12.2 Å². The van der Waals surface area contributed by atoms with Crippen LogP contribution in [0.5, 0.6) is 0 Å². The van der Waals surface area contributed by atoms with Crippen LogP contribution in [0.1, 0.15) is 12.5 Å². The van der Waals surface area contributed by atoms with Crippen LogP contribution in [0.4, 0.5) is 5.69 Å². The monoisotopic (exact) mass is 323 g/mol. The van der Waals surface area contributed by atoms with Crippen molar-refractivity contribution in [3.8, 4) is 0 Å². The molecule has 0 fully saturated rings. The largest absolute Gasteiger partial charge is 0.331 e. The SMILES string of the molecule is CC1Cc2ccccc2N1C(=O)Cn1c(=S)[nH]c2ccccc21. The molecule has 1 amide bonds. The van der Waals surface area contributed by atoms with Crippen molar-refractivity contribution in [3.05, 3.63) is 58.9 Å². The first-order valence-electron chi connectivity index (χ1n) is 7.72. The van der Waals surface area contributed by atoms with Crippen LogP contribution in [0, 0.1) is 4.77 Å². The maximum absolute atomic E-state index is 12.9. The Morgan fingerprint density at radius 1 is 1.22 bits per heavy atom. The number of rotatable bonds is 2. The first-order valence-corrected chi connectivity index (χ1v) is 8.13. The van der Waals surface area contributed by atoms with Gasteiger partial charge in [0.2, 0.25) is 5.91 Å². The highest BCUT2D eigenvalue weighted by atomic mass is 32.1. The predicted octanol–water partition coefficient (Wildman–Crippen LogP) is 3.68. The first kappa shape index (κ1) is 14.2. The molecule has 0 bridgehead atoms. The number of nitrogens with zero attached hydrogens (tertiary/aromatic N) is 2. The van der Waals surface area contributed by atoms with Gasteiger partial charge in [-0.05, 0) is 49.3 Å². The number of fused-ring (bicyclic) bond motifs is 2. The molecule has 4 rings (SSSR count). The summed E-state index contributed by atoms with van der Waals surface area (Å²) in [7, 11) is 0. The summed E-state index contributed by atoms with van der Waals surface area (Å²) in [6.45, 7) is 2.34. The molecule has 1 N–H and O–H groups in total. The number of H-pyrrole nitrogens is 1. The van der Waals surface area contributed by atoms with Crippen LogP contribution in [0.25, 0.3) is 11.0 Å². The van der Waals surface area contributed by atoms with Crippen LogP contribution in [0.3, 0.4) is 0 Å². The lowest BCUT2D eigenvalue weighted by molar-refractivity contribution is -0.119. The van der Waals surface area contributed by atoms with Crippen LogP contribution in [-0.2, 0) is 17.8 Å². The van der Waals surface area contributed by atoms with Crippen LogP contribution in [0.15, 0.2) is 48.5 Å². The molecule has 1 unspecified atom stereocenters. The average molecular weight is 323 g/mol. The molecule has 0 saturated carbocycles. The zero-order chi connectivity index (χ0) is 16.0. The van der Waals surface area contributed by atoms with E-state index >= 15 is 0 Å². The molecule has 2 aromatic carbocycles. The Hall–Kier alpha value is -2.40. The Labute approximate surface area is 139 Å². The van der Waals surface area contributed by atoms with E-state index in [1.807, 2.05) is 51.9 Å². The van der Waals surface area contributed by atoms with Crippen LogP contribution in [0.2, 0.25) is 0 Å². The Kier molecular flexibility index (Phi) is 3.31. The molecule has 0 aliphatic carbocycles. The number of hydrogen-bond donors (Lipinski definition) is 1. The van der Waals surface area contributed by atoms with Crippen LogP contribution >= 0.6 is 12.2 Å². The van der Waals surface area contributed by atoms with Gasteiger partial charge in [0.1, 0.15) is 6.54 Å². The zero-order valence-corrected chi connectivity index (χ0v) is 13.6. The number of benzene rings is 2. The van der Waals surface area contributed by atoms with Crippen LogP contribution in [-0.4, -0.2) is 21.5 Å². The van der Waals surface area contributed by atoms with E-state index in [1.54, 1.807) is 0 Å². The van der Waals surface area contributed by atoms with Gasteiger partial charge in [-0.25, -0.2) is 0 Å². The van der Waals surface area contributed by atoms with E-state index < -0.39 is 0 Å². The third kappa shape index (κ3) is 2.28. The van der Waals surface area contributed by atoms with Crippen molar-refractivity contribution in [2.24, 2.45) is 0 Å². The Morgan fingerprint density at radius 2 is 1.96 bits per heavy atom.